The lowest BCUT2D eigenvalue weighted by Crippen LogP contribution is -2.40. The van der Waals surface area contributed by atoms with E-state index in [0.717, 1.165) is 49.9 Å². The van der Waals surface area contributed by atoms with E-state index in [-0.39, 0.29) is 23.5 Å². The second-order valence-corrected chi connectivity index (χ2v) is 7.48. The standard InChI is InChI=1S/C22H24F2N2O/c23-17-7-5-16(6-8-17)19-4-3-13-26(21-14-18(24)9-10-20(19)21)22(27)15-25-11-1-2-12-25/h5-10,14,19H,1-4,11-13,15H2. The molecule has 27 heavy (non-hydrogen) atoms. The zero-order chi connectivity index (χ0) is 18.8. The fourth-order valence-corrected chi connectivity index (χ4v) is 4.29. The summed E-state index contributed by atoms with van der Waals surface area (Å²) in [5, 5.41) is 0. The number of rotatable bonds is 3. The number of hydrogen-bond acceptors (Lipinski definition) is 2. The highest BCUT2D eigenvalue weighted by Gasteiger charge is 2.29. The first-order chi connectivity index (χ1) is 13.1. The van der Waals surface area contributed by atoms with E-state index in [1.54, 1.807) is 23.1 Å². The lowest BCUT2D eigenvalue weighted by atomic mass is 9.87. The van der Waals surface area contributed by atoms with Gasteiger partial charge >= 0.3 is 0 Å². The molecule has 0 spiro atoms. The van der Waals surface area contributed by atoms with Crippen molar-refractivity contribution in [2.75, 3.05) is 31.1 Å². The van der Waals surface area contributed by atoms with Gasteiger partial charge in [-0.15, -0.1) is 0 Å². The maximum atomic E-state index is 14.1. The molecule has 1 fully saturated rings. The molecule has 1 amide bonds. The summed E-state index contributed by atoms with van der Waals surface area (Å²) in [5.74, 6) is -0.545. The fourth-order valence-electron chi connectivity index (χ4n) is 4.29. The molecule has 2 heterocycles. The molecule has 0 aromatic heterocycles. The molecule has 1 atom stereocenters. The molecule has 0 bridgehead atoms. The monoisotopic (exact) mass is 370 g/mol. The lowest BCUT2D eigenvalue weighted by Gasteiger charge is -2.26. The number of fused-ring (bicyclic) bond motifs is 1. The maximum Gasteiger partial charge on any atom is 0.241 e. The highest BCUT2D eigenvalue weighted by molar-refractivity contribution is 5.96. The second-order valence-electron chi connectivity index (χ2n) is 7.48. The van der Waals surface area contributed by atoms with Crippen molar-refractivity contribution in [3.05, 3.63) is 65.2 Å². The van der Waals surface area contributed by atoms with E-state index in [2.05, 4.69) is 4.90 Å². The Morgan fingerprint density at radius 2 is 1.63 bits per heavy atom. The molecule has 1 unspecified atom stereocenters. The number of hydrogen-bond donors (Lipinski definition) is 0. The Hall–Kier alpha value is -2.27. The van der Waals surface area contributed by atoms with E-state index in [1.165, 1.54) is 24.3 Å². The summed E-state index contributed by atoms with van der Waals surface area (Å²) in [6.07, 6.45) is 3.93. The predicted molar refractivity (Wildman–Crippen MR) is 102 cm³/mol. The highest BCUT2D eigenvalue weighted by Crippen LogP contribution is 2.39. The zero-order valence-corrected chi connectivity index (χ0v) is 15.3. The van der Waals surface area contributed by atoms with Crippen LogP contribution in [-0.4, -0.2) is 37.0 Å². The van der Waals surface area contributed by atoms with Crippen LogP contribution in [0.4, 0.5) is 14.5 Å². The molecule has 3 nitrogen and oxygen atoms in total. The Labute approximate surface area is 158 Å². The third-order valence-electron chi connectivity index (χ3n) is 5.66. The van der Waals surface area contributed by atoms with Crippen LogP contribution in [0, 0.1) is 11.6 Å². The molecule has 2 aliphatic rings. The van der Waals surface area contributed by atoms with Gasteiger partial charge < -0.3 is 4.90 Å². The normalized spacial score (nSPS) is 20.4. The van der Waals surface area contributed by atoms with Crippen LogP contribution in [0.15, 0.2) is 42.5 Å². The van der Waals surface area contributed by atoms with E-state index in [9.17, 15) is 13.6 Å². The van der Waals surface area contributed by atoms with E-state index >= 15 is 0 Å². The number of amides is 1. The summed E-state index contributed by atoms with van der Waals surface area (Å²) < 4.78 is 27.4. The van der Waals surface area contributed by atoms with Gasteiger partial charge in [0.15, 0.2) is 0 Å². The number of halogens is 2. The third kappa shape index (κ3) is 3.88. The van der Waals surface area contributed by atoms with Gasteiger partial charge in [-0.05, 0) is 74.2 Å². The van der Waals surface area contributed by atoms with Crippen molar-refractivity contribution in [1.82, 2.24) is 4.90 Å². The number of carbonyl (C=O) groups excluding carboxylic acids is 1. The van der Waals surface area contributed by atoms with Crippen LogP contribution in [0.1, 0.15) is 42.7 Å². The lowest BCUT2D eigenvalue weighted by molar-refractivity contribution is -0.119. The molecule has 5 heteroatoms. The van der Waals surface area contributed by atoms with Gasteiger partial charge in [-0.1, -0.05) is 18.2 Å². The molecule has 142 valence electrons. The average molecular weight is 370 g/mol. The van der Waals surface area contributed by atoms with Crippen LogP contribution < -0.4 is 4.90 Å². The van der Waals surface area contributed by atoms with E-state index in [4.69, 9.17) is 0 Å². The number of likely N-dealkylation sites (tertiary alicyclic amines) is 1. The Balaban J connectivity index is 1.67. The molecule has 0 radical (unpaired) electrons. The van der Waals surface area contributed by atoms with Crippen molar-refractivity contribution in [2.24, 2.45) is 0 Å². The fraction of sp³-hybridized carbons (Fsp3) is 0.409. The number of anilines is 1. The molecule has 2 aliphatic heterocycles. The minimum Gasteiger partial charge on any atom is -0.311 e. The first-order valence-electron chi connectivity index (χ1n) is 9.69. The Morgan fingerprint density at radius 1 is 0.926 bits per heavy atom. The first-order valence-corrected chi connectivity index (χ1v) is 9.69. The van der Waals surface area contributed by atoms with Crippen molar-refractivity contribution in [2.45, 2.75) is 31.6 Å². The highest BCUT2D eigenvalue weighted by atomic mass is 19.1. The Morgan fingerprint density at radius 3 is 2.37 bits per heavy atom. The summed E-state index contributed by atoms with van der Waals surface area (Å²) >= 11 is 0. The third-order valence-corrected chi connectivity index (χ3v) is 5.66. The summed E-state index contributed by atoms with van der Waals surface area (Å²) in [6, 6.07) is 11.2. The van der Waals surface area contributed by atoms with E-state index < -0.39 is 0 Å². The van der Waals surface area contributed by atoms with Crippen molar-refractivity contribution < 1.29 is 13.6 Å². The van der Waals surface area contributed by atoms with Gasteiger partial charge in [0.2, 0.25) is 5.91 Å². The summed E-state index contributed by atoms with van der Waals surface area (Å²) in [5.41, 5.74) is 2.60. The number of benzene rings is 2. The smallest absolute Gasteiger partial charge is 0.241 e. The van der Waals surface area contributed by atoms with Crippen molar-refractivity contribution in [3.8, 4) is 0 Å². The first kappa shape index (κ1) is 18.1. The Kier molecular flexibility index (Phi) is 5.21. The maximum absolute atomic E-state index is 14.1. The SMILES string of the molecule is O=C(CN1CCCC1)N1CCCC(c2ccc(F)cc2)c2ccc(F)cc21. The number of carbonyl (C=O) groups is 1. The molecule has 0 N–H and O–H groups in total. The second kappa shape index (κ2) is 7.77. The van der Waals surface area contributed by atoms with Crippen molar-refractivity contribution >= 4 is 11.6 Å². The topological polar surface area (TPSA) is 23.6 Å². The van der Waals surface area contributed by atoms with Crippen molar-refractivity contribution in [1.29, 1.82) is 0 Å². The van der Waals surface area contributed by atoms with Gasteiger partial charge in [0, 0.05) is 12.5 Å². The van der Waals surface area contributed by atoms with Crippen LogP contribution in [0.3, 0.4) is 0 Å². The molecule has 1 saturated heterocycles. The van der Waals surface area contributed by atoms with Gasteiger partial charge in [0.1, 0.15) is 11.6 Å². The summed E-state index contributed by atoms with van der Waals surface area (Å²) in [7, 11) is 0. The molecule has 2 aromatic rings. The summed E-state index contributed by atoms with van der Waals surface area (Å²) in [6.45, 7) is 2.87. The van der Waals surface area contributed by atoms with Gasteiger partial charge in [0.25, 0.3) is 0 Å². The summed E-state index contributed by atoms with van der Waals surface area (Å²) in [4.78, 5) is 16.9. The molecule has 0 saturated carbocycles. The predicted octanol–water partition coefficient (Wildman–Crippen LogP) is 4.32. The average Bonchev–Trinajstić information content (AvgIpc) is 3.09. The molecule has 4 rings (SSSR count). The van der Waals surface area contributed by atoms with Crippen molar-refractivity contribution in [3.63, 3.8) is 0 Å². The van der Waals surface area contributed by atoms with Crippen LogP contribution in [-0.2, 0) is 4.79 Å². The molecule has 2 aromatic carbocycles. The molecular weight excluding hydrogens is 346 g/mol. The minimum absolute atomic E-state index is 0.0310. The van der Waals surface area contributed by atoms with Gasteiger partial charge in [0.05, 0.1) is 12.2 Å². The molecular formula is C22H24F2N2O. The quantitative estimate of drug-likeness (QED) is 0.803. The number of nitrogens with zero attached hydrogens (tertiary/aromatic N) is 2. The van der Waals surface area contributed by atoms with Gasteiger partial charge in [-0.25, -0.2) is 8.78 Å². The largest absolute Gasteiger partial charge is 0.311 e. The molecule has 0 aliphatic carbocycles. The van der Waals surface area contributed by atoms with Crippen LogP contribution in [0.5, 0.6) is 0 Å². The van der Waals surface area contributed by atoms with Crippen LogP contribution in [0.25, 0.3) is 0 Å². The van der Waals surface area contributed by atoms with Crippen LogP contribution >= 0.6 is 0 Å². The zero-order valence-electron chi connectivity index (χ0n) is 15.3. The van der Waals surface area contributed by atoms with E-state index in [1.807, 2.05) is 0 Å². The van der Waals surface area contributed by atoms with Gasteiger partial charge in [-0.2, -0.15) is 0 Å². The van der Waals surface area contributed by atoms with Gasteiger partial charge in [-0.3, -0.25) is 9.69 Å². The Bertz CT molecular complexity index is 816. The minimum atomic E-state index is -0.340. The van der Waals surface area contributed by atoms with E-state index in [0.29, 0.717) is 18.8 Å². The van der Waals surface area contributed by atoms with Crippen LogP contribution in [0.2, 0.25) is 0 Å².